The first-order valence-electron chi connectivity index (χ1n) is 7.61. The third-order valence-electron chi connectivity index (χ3n) is 3.93. The Morgan fingerprint density at radius 1 is 1.52 bits per heavy atom. The number of nitrogens with zero attached hydrogens (tertiary/aromatic N) is 2. The number of hydrogen-bond acceptors (Lipinski definition) is 4. The lowest BCUT2D eigenvalue weighted by Gasteiger charge is -2.32. The van der Waals surface area contributed by atoms with Gasteiger partial charge in [-0.1, -0.05) is 6.07 Å². The van der Waals surface area contributed by atoms with Crippen LogP contribution in [0.5, 0.6) is 0 Å². The summed E-state index contributed by atoms with van der Waals surface area (Å²) in [6, 6.07) is 6.21. The maximum absolute atomic E-state index is 12.8. The van der Waals surface area contributed by atoms with Gasteiger partial charge < -0.3 is 15.0 Å². The zero-order valence-electron chi connectivity index (χ0n) is 12.9. The normalized spacial score (nSPS) is 22.0. The number of rotatable bonds is 6. The Kier molecular flexibility index (Phi) is 6.14. The van der Waals surface area contributed by atoms with Crippen LogP contribution in [0.2, 0.25) is 0 Å². The summed E-state index contributed by atoms with van der Waals surface area (Å²) >= 11 is 0. The predicted octanol–water partition coefficient (Wildman–Crippen LogP) is 1.44. The summed E-state index contributed by atoms with van der Waals surface area (Å²) < 4.78 is 5.14. The highest BCUT2D eigenvalue weighted by Gasteiger charge is 2.28. The maximum atomic E-state index is 12.8. The van der Waals surface area contributed by atoms with Crippen LogP contribution in [-0.2, 0) is 16.1 Å². The summed E-state index contributed by atoms with van der Waals surface area (Å²) in [5.74, 6) is 0.341. The number of carbonyl (C=O) groups is 1. The van der Waals surface area contributed by atoms with Crippen molar-refractivity contribution in [1.29, 1.82) is 0 Å². The molecular formula is C16H25N3O2. The highest BCUT2D eigenvalue weighted by atomic mass is 16.5. The average molecular weight is 291 g/mol. The summed E-state index contributed by atoms with van der Waals surface area (Å²) in [4.78, 5) is 19.0. The number of methoxy groups -OCH3 is 1. The summed E-state index contributed by atoms with van der Waals surface area (Å²) in [5.41, 5.74) is 0.920. The summed E-state index contributed by atoms with van der Waals surface area (Å²) in [6.45, 7) is 4.78. The van der Waals surface area contributed by atoms with Gasteiger partial charge in [0.1, 0.15) is 0 Å². The molecule has 2 unspecified atom stereocenters. The Morgan fingerprint density at radius 3 is 3.05 bits per heavy atom. The van der Waals surface area contributed by atoms with E-state index in [2.05, 4.69) is 17.2 Å². The second-order valence-corrected chi connectivity index (χ2v) is 5.65. The van der Waals surface area contributed by atoms with Gasteiger partial charge in [-0.05, 0) is 38.4 Å². The van der Waals surface area contributed by atoms with Crippen molar-refractivity contribution >= 4 is 5.91 Å². The van der Waals surface area contributed by atoms with Crippen molar-refractivity contribution in [2.75, 3.05) is 26.8 Å². The number of nitrogens with one attached hydrogen (secondary N) is 1. The Balaban J connectivity index is 2.02. The summed E-state index contributed by atoms with van der Waals surface area (Å²) in [7, 11) is 1.66. The van der Waals surface area contributed by atoms with Gasteiger partial charge in [0.05, 0.1) is 18.8 Å². The molecule has 1 N–H and O–H groups in total. The van der Waals surface area contributed by atoms with Crippen LogP contribution < -0.4 is 5.32 Å². The van der Waals surface area contributed by atoms with E-state index in [0.717, 1.165) is 25.1 Å². The second kappa shape index (κ2) is 8.10. The molecule has 21 heavy (non-hydrogen) atoms. The van der Waals surface area contributed by atoms with Gasteiger partial charge in [0.25, 0.3) is 0 Å². The van der Waals surface area contributed by atoms with Gasteiger partial charge in [0.2, 0.25) is 5.91 Å². The molecule has 0 aromatic carbocycles. The van der Waals surface area contributed by atoms with Gasteiger partial charge in [-0.15, -0.1) is 0 Å². The minimum absolute atomic E-state index is 0.113. The molecule has 1 saturated heterocycles. The minimum Gasteiger partial charge on any atom is -0.383 e. The van der Waals surface area contributed by atoms with Crippen molar-refractivity contribution in [2.45, 2.75) is 32.4 Å². The van der Waals surface area contributed by atoms with E-state index in [4.69, 9.17) is 4.74 Å². The Bertz CT molecular complexity index is 438. The topological polar surface area (TPSA) is 54.5 Å². The minimum atomic E-state index is 0.113. The summed E-state index contributed by atoms with van der Waals surface area (Å²) in [5, 5.41) is 3.39. The van der Waals surface area contributed by atoms with Crippen LogP contribution in [0.4, 0.5) is 0 Å². The fraction of sp³-hybridized carbons (Fsp3) is 0.625. The number of piperidine rings is 1. The van der Waals surface area contributed by atoms with Crippen LogP contribution in [0.3, 0.4) is 0 Å². The Hall–Kier alpha value is -1.46. The van der Waals surface area contributed by atoms with Crippen LogP contribution >= 0.6 is 0 Å². The number of amides is 1. The maximum Gasteiger partial charge on any atom is 0.226 e. The first-order chi connectivity index (χ1) is 10.2. The quantitative estimate of drug-likeness (QED) is 0.862. The molecule has 2 atom stereocenters. The van der Waals surface area contributed by atoms with Crippen molar-refractivity contribution in [3.8, 4) is 0 Å². The van der Waals surface area contributed by atoms with E-state index >= 15 is 0 Å². The molecule has 0 bridgehead atoms. The lowest BCUT2D eigenvalue weighted by Crippen LogP contribution is -2.44. The van der Waals surface area contributed by atoms with Crippen molar-refractivity contribution in [2.24, 2.45) is 5.92 Å². The zero-order chi connectivity index (χ0) is 15.1. The van der Waals surface area contributed by atoms with Gasteiger partial charge in [0.15, 0.2) is 0 Å². The molecule has 1 aliphatic heterocycles. The first kappa shape index (κ1) is 15.9. The van der Waals surface area contributed by atoms with Crippen molar-refractivity contribution in [1.82, 2.24) is 15.2 Å². The predicted molar refractivity (Wildman–Crippen MR) is 81.7 cm³/mol. The summed E-state index contributed by atoms with van der Waals surface area (Å²) in [6.07, 6.45) is 3.58. The SMILES string of the molecule is COCCN(Cc1ccccn1)C(=O)C1CCNC(C)C1. The molecule has 0 spiro atoms. The standard InChI is InChI=1S/C16H25N3O2/c1-13-11-14(6-8-17-13)16(20)19(9-10-21-2)12-15-5-3-4-7-18-15/h3-5,7,13-14,17H,6,8-12H2,1-2H3. The first-order valence-corrected chi connectivity index (χ1v) is 7.61. The van der Waals surface area contributed by atoms with Gasteiger partial charge in [0, 0.05) is 31.8 Å². The molecule has 1 fully saturated rings. The molecule has 0 aliphatic carbocycles. The monoisotopic (exact) mass is 291 g/mol. The van der Waals surface area contributed by atoms with E-state index in [1.807, 2.05) is 23.1 Å². The molecule has 0 saturated carbocycles. The van der Waals surface area contributed by atoms with E-state index in [1.54, 1.807) is 13.3 Å². The lowest BCUT2D eigenvalue weighted by atomic mass is 9.92. The molecular weight excluding hydrogens is 266 g/mol. The Morgan fingerprint density at radius 2 is 2.38 bits per heavy atom. The van der Waals surface area contributed by atoms with Crippen LogP contribution in [0.25, 0.3) is 0 Å². The fourth-order valence-corrected chi connectivity index (χ4v) is 2.77. The molecule has 1 aromatic heterocycles. The van der Waals surface area contributed by atoms with Gasteiger partial charge in [-0.25, -0.2) is 0 Å². The third-order valence-corrected chi connectivity index (χ3v) is 3.93. The Labute approximate surface area is 126 Å². The number of pyridine rings is 1. The van der Waals surface area contributed by atoms with E-state index in [1.165, 1.54) is 0 Å². The molecule has 5 heteroatoms. The zero-order valence-corrected chi connectivity index (χ0v) is 12.9. The third kappa shape index (κ3) is 4.79. The fourth-order valence-electron chi connectivity index (χ4n) is 2.77. The second-order valence-electron chi connectivity index (χ2n) is 5.65. The average Bonchev–Trinajstić information content (AvgIpc) is 2.51. The highest BCUT2D eigenvalue weighted by molar-refractivity contribution is 5.79. The van der Waals surface area contributed by atoms with Crippen LogP contribution in [0, 0.1) is 5.92 Å². The van der Waals surface area contributed by atoms with Crippen molar-refractivity contribution in [3.05, 3.63) is 30.1 Å². The molecule has 1 aliphatic rings. The van der Waals surface area contributed by atoms with E-state index in [0.29, 0.717) is 25.7 Å². The van der Waals surface area contributed by atoms with Crippen molar-refractivity contribution in [3.63, 3.8) is 0 Å². The number of carbonyl (C=O) groups excluding carboxylic acids is 1. The van der Waals surface area contributed by atoms with Crippen LogP contribution in [-0.4, -0.2) is 48.6 Å². The van der Waals surface area contributed by atoms with E-state index in [9.17, 15) is 4.79 Å². The van der Waals surface area contributed by atoms with Gasteiger partial charge >= 0.3 is 0 Å². The number of aromatic nitrogens is 1. The van der Waals surface area contributed by atoms with E-state index < -0.39 is 0 Å². The van der Waals surface area contributed by atoms with Gasteiger partial charge in [-0.2, -0.15) is 0 Å². The largest absolute Gasteiger partial charge is 0.383 e. The molecule has 1 amide bonds. The van der Waals surface area contributed by atoms with Crippen LogP contribution in [0.1, 0.15) is 25.5 Å². The molecule has 5 nitrogen and oxygen atoms in total. The van der Waals surface area contributed by atoms with Crippen molar-refractivity contribution < 1.29 is 9.53 Å². The molecule has 2 rings (SSSR count). The number of ether oxygens (including phenoxy) is 1. The molecule has 0 radical (unpaired) electrons. The smallest absolute Gasteiger partial charge is 0.226 e. The van der Waals surface area contributed by atoms with Gasteiger partial charge in [-0.3, -0.25) is 9.78 Å². The van der Waals surface area contributed by atoms with Crippen LogP contribution in [0.15, 0.2) is 24.4 Å². The lowest BCUT2D eigenvalue weighted by molar-refractivity contribution is -0.138. The molecule has 1 aromatic rings. The molecule has 2 heterocycles. The van der Waals surface area contributed by atoms with E-state index in [-0.39, 0.29) is 11.8 Å². The number of hydrogen-bond donors (Lipinski definition) is 1. The molecule has 116 valence electrons. The highest BCUT2D eigenvalue weighted by Crippen LogP contribution is 2.19.